The minimum Gasteiger partial charge on any atom is -0.381 e. The van der Waals surface area contributed by atoms with E-state index in [9.17, 15) is 14.4 Å². The third-order valence-electron chi connectivity index (χ3n) is 6.54. The Hall–Kier alpha value is -2.38. The predicted molar refractivity (Wildman–Crippen MR) is 136 cm³/mol. The number of nitrogens with zero attached hydrogens (tertiary/aromatic N) is 1. The van der Waals surface area contributed by atoms with Crippen molar-refractivity contribution in [1.82, 2.24) is 10.3 Å². The van der Waals surface area contributed by atoms with E-state index >= 15 is 0 Å². The Balaban J connectivity index is 1.76. The number of carbonyl (C=O) groups excluding carboxylic acids is 3. The monoisotopic (exact) mass is 484 g/mol. The van der Waals surface area contributed by atoms with Crippen molar-refractivity contribution in [3.8, 4) is 0 Å². The maximum Gasteiger partial charge on any atom is 0.224 e. The topological polar surface area (TPSA) is 85.4 Å². The van der Waals surface area contributed by atoms with Crippen LogP contribution < -0.4 is 5.32 Å². The van der Waals surface area contributed by atoms with Crippen LogP contribution in [0.5, 0.6) is 0 Å². The van der Waals surface area contributed by atoms with Crippen molar-refractivity contribution < 1.29 is 19.1 Å². The van der Waals surface area contributed by atoms with E-state index in [4.69, 9.17) is 9.72 Å². The summed E-state index contributed by atoms with van der Waals surface area (Å²) in [5, 5.41) is 4.06. The van der Waals surface area contributed by atoms with Gasteiger partial charge in [0.25, 0.3) is 0 Å². The number of nitrogens with one attached hydrogen (secondary N) is 1. The second-order valence-corrected chi connectivity index (χ2v) is 10.7. The fourth-order valence-electron chi connectivity index (χ4n) is 4.50. The molecule has 184 valence electrons. The Morgan fingerprint density at radius 3 is 2.65 bits per heavy atom. The molecule has 0 aliphatic carbocycles. The summed E-state index contributed by atoms with van der Waals surface area (Å²) in [4.78, 5) is 42.0. The van der Waals surface area contributed by atoms with Crippen LogP contribution in [0.4, 0.5) is 0 Å². The van der Waals surface area contributed by atoms with Gasteiger partial charge in [0.1, 0.15) is 5.78 Å². The SMILES string of the molecule is C=CC(=O)CC[C@@H](NC(=O)[C@@H](CC(C)=O)Cc1nc2ccc(C(C)C)cc2s1)C1CCOCC1. The predicted octanol–water partition coefficient (Wildman–Crippen LogP) is 5.00. The third-order valence-corrected chi connectivity index (χ3v) is 7.58. The number of fused-ring (bicyclic) bond motifs is 1. The standard InChI is InChI=1S/C27H36N2O4S/c1-5-22(31)7-9-23(19-10-12-33-13-11-19)29-27(32)21(14-18(4)30)16-26-28-24-8-6-20(17(2)3)15-25(24)34-26/h5-6,8,15,17,19,21,23H,1,7,9-14,16H2,2-4H3,(H,29,32)/t21-,23+/m0/s1. The Kier molecular flexibility index (Phi) is 9.54. The van der Waals surface area contributed by atoms with Gasteiger partial charge in [-0.3, -0.25) is 9.59 Å². The number of hydrogen-bond donors (Lipinski definition) is 1. The second-order valence-electron chi connectivity index (χ2n) is 9.57. The van der Waals surface area contributed by atoms with Crippen molar-refractivity contribution in [1.29, 1.82) is 0 Å². The molecule has 1 aromatic heterocycles. The Bertz CT molecular complexity index is 1020. The molecule has 1 aliphatic heterocycles. The quantitative estimate of drug-likeness (QED) is 0.428. The number of amides is 1. The van der Waals surface area contributed by atoms with Crippen LogP contribution in [0.25, 0.3) is 10.2 Å². The number of thiazole rings is 1. The van der Waals surface area contributed by atoms with Gasteiger partial charge in [0.2, 0.25) is 5.91 Å². The summed E-state index contributed by atoms with van der Waals surface area (Å²) in [5.74, 6) is 0.0149. The summed E-state index contributed by atoms with van der Waals surface area (Å²) in [7, 11) is 0. The van der Waals surface area contributed by atoms with Crippen LogP contribution in [0.1, 0.15) is 69.4 Å². The Morgan fingerprint density at radius 1 is 1.26 bits per heavy atom. The van der Waals surface area contributed by atoms with Crippen molar-refractivity contribution in [3.05, 3.63) is 41.4 Å². The zero-order valence-electron chi connectivity index (χ0n) is 20.5. The highest BCUT2D eigenvalue weighted by molar-refractivity contribution is 7.18. The number of ether oxygens (including phenoxy) is 1. The molecule has 0 radical (unpaired) electrons. The molecule has 1 aromatic carbocycles. The van der Waals surface area contributed by atoms with Gasteiger partial charge in [-0.1, -0.05) is 26.5 Å². The van der Waals surface area contributed by atoms with Crippen LogP contribution in [0.3, 0.4) is 0 Å². The van der Waals surface area contributed by atoms with E-state index < -0.39 is 5.92 Å². The Morgan fingerprint density at radius 2 is 2.00 bits per heavy atom. The molecule has 1 aliphatic rings. The van der Waals surface area contributed by atoms with Crippen molar-refractivity contribution in [2.75, 3.05) is 13.2 Å². The van der Waals surface area contributed by atoms with Crippen LogP contribution in [0.15, 0.2) is 30.9 Å². The average molecular weight is 485 g/mol. The minimum absolute atomic E-state index is 0.0205. The molecular weight excluding hydrogens is 448 g/mol. The maximum atomic E-state index is 13.4. The van der Waals surface area contributed by atoms with E-state index in [-0.39, 0.29) is 35.9 Å². The van der Waals surface area contributed by atoms with Gasteiger partial charge in [-0.15, -0.1) is 11.3 Å². The molecule has 3 rings (SSSR count). The van der Waals surface area contributed by atoms with Gasteiger partial charge in [-0.25, -0.2) is 4.98 Å². The zero-order chi connectivity index (χ0) is 24.7. The number of allylic oxidation sites excluding steroid dienone is 1. The number of rotatable bonds is 12. The lowest BCUT2D eigenvalue weighted by molar-refractivity contribution is -0.130. The molecule has 1 saturated heterocycles. The number of Topliss-reactive ketones (excluding diaryl/α,β-unsaturated/α-hetero) is 1. The van der Waals surface area contributed by atoms with Gasteiger partial charge in [0.15, 0.2) is 5.78 Å². The molecule has 7 heteroatoms. The number of ketones is 2. The minimum atomic E-state index is -0.486. The lowest BCUT2D eigenvalue weighted by Gasteiger charge is -2.32. The van der Waals surface area contributed by atoms with Crippen LogP contribution in [-0.4, -0.2) is 41.7 Å². The van der Waals surface area contributed by atoms with E-state index in [1.807, 2.05) is 6.07 Å². The van der Waals surface area contributed by atoms with E-state index in [1.54, 1.807) is 11.3 Å². The summed E-state index contributed by atoms with van der Waals surface area (Å²) in [6.07, 6.45) is 4.53. The lowest BCUT2D eigenvalue weighted by Crippen LogP contribution is -2.45. The van der Waals surface area contributed by atoms with Crippen molar-refractivity contribution in [2.45, 2.75) is 71.3 Å². The van der Waals surface area contributed by atoms with Gasteiger partial charge in [-0.05, 0) is 61.8 Å². The third kappa shape index (κ3) is 7.31. The first-order valence-electron chi connectivity index (χ1n) is 12.2. The molecule has 0 bridgehead atoms. The normalized spacial score (nSPS) is 16.4. The van der Waals surface area contributed by atoms with Gasteiger partial charge >= 0.3 is 0 Å². The average Bonchev–Trinajstić information content (AvgIpc) is 3.22. The number of carbonyl (C=O) groups is 3. The van der Waals surface area contributed by atoms with Crippen molar-refractivity contribution in [2.24, 2.45) is 11.8 Å². The molecule has 6 nitrogen and oxygen atoms in total. The summed E-state index contributed by atoms with van der Waals surface area (Å²) in [5.41, 5.74) is 2.18. The molecule has 0 saturated carbocycles. The first-order valence-corrected chi connectivity index (χ1v) is 13.0. The van der Waals surface area contributed by atoms with E-state index in [1.165, 1.54) is 18.6 Å². The maximum absolute atomic E-state index is 13.4. The number of benzene rings is 1. The fraction of sp³-hybridized carbons (Fsp3) is 0.556. The van der Waals surface area contributed by atoms with Crippen molar-refractivity contribution >= 4 is 39.0 Å². The van der Waals surface area contributed by atoms with Crippen LogP contribution >= 0.6 is 11.3 Å². The largest absolute Gasteiger partial charge is 0.381 e. The molecule has 1 fully saturated rings. The molecule has 34 heavy (non-hydrogen) atoms. The first kappa shape index (κ1) is 26.2. The van der Waals surface area contributed by atoms with Crippen LogP contribution in [-0.2, 0) is 25.5 Å². The molecular formula is C27H36N2O4S. The fourth-order valence-corrected chi connectivity index (χ4v) is 5.59. The van der Waals surface area contributed by atoms with Crippen molar-refractivity contribution in [3.63, 3.8) is 0 Å². The van der Waals surface area contributed by atoms with E-state index in [0.29, 0.717) is 38.4 Å². The second kappa shape index (κ2) is 12.4. The van der Waals surface area contributed by atoms with Gasteiger partial charge in [-0.2, -0.15) is 0 Å². The smallest absolute Gasteiger partial charge is 0.224 e. The highest BCUT2D eigenvalue weighted by Crippen LogP contribution is 2.29. The number of aromatic nitrogens is 1. The lowest BCUT2D eigenvalue weighted by atomic mass is 9.87. The molecule has 0 unspecified atom stereocenters. The van der Waals surface area contributed by atoms with Gasteiger partial charge in [0, 0.05) is 38.5 Å². The van der Waals surface area contributed by atoms with Gasteiger partial charge in [0.05, 0.1) is 21.1 Å². The zero-order valence-corrected chi connectivity index (χ0v) is 21.3. The van der Waals surface area contributed by atoms with Crippen LogP contribution in [0.2, 0.25) is 0 Å². The highest BCUT2D eigenvalue weighted by Gasteiger charge is 2.29. The van der Waals surface area contributed by atoms with E-state index in [2.05, 4.69) is 37.9 Å². The molecule has 2 atom stereocenters. The molecule has 1 amide bonds. The van der Waals surface area contributed by atoms with Gasteiger partial charge < -0.3 is 14.8 Å². The highest BCUT2D eigenvalue weighted by atomic mass is 32.1. The summed E-state index contributed by atoms with van der Waals surface area (Å²) in [6.45, 7) is 10.7. The molecule has 2 heterocycles. The van der Waals surface area contributed by atoms with Crippen LogP contribution in [0, 0.1) is 11.8 Å². The number of hydrogen-bond acceptors (Lipinski definition) is 6. The molecule has 2 aromatic rings. The molecule has 1 N–H and O–H groups in total. The summed E-state index contributed by atoms with van der Waals surface area (Å²) >= 11 is 1.59. The molecule has 0 spiro atoms. The first-order chi connectivity index (χ1) is 16.3. The summed E-state index contributed by atoms with van der Waals surface area (Å²) < 4.78 is 6.59. The summed E-state index contributed by atoms with van der Waals surface area (Å²) in [6, 6.07) is 6.17. The van der Waals surface area contributed by atoms with E-state index in [0.717, 1.165) is 28.1 Å². The Labute approximate surface area is 206 Å².